The fourth-order valence-corrected chi connectivity index (χ4v) is 3.29. The summed E-state index contributed by atoms with van der Waals surface area (Å²) in [6.07, 6.45) is 0.811. The quantitative estimate of drug-likeness (QED) is 0.375. The Bertz CT molecular complexity index is 607. The van der Waals surface area contributed by atoms with E-state index in [1.807, 2.05) is 12.3 Å². The molecule has 1 aromatic heterocycles. The zero-order valence-corrected chi connectivity index (χ0v) is 18.3. The molecule has 1 heterocycles. The van der Waals surface area contributed by atoms with E-state index < -0.39 is 14.6 Å². The highest BCUT2D eigenvalue weighted by molar-refractivity contribution is 14.0. The van der Waals surface area contributed by atoms with Crippen LogP contribution in [0.15, 0.2) is 10.4 Å². The van der Waals surface area contributed by atoms with Crippen LogP contribution in [0, 0.1) is 6.92 Å². The molecule has 134 valence electrons. The van der Waals surface area contributed by atoms with E-state index in [2.05, 4.69) is 20.6 Å². The summed E-state index contributed by atoms with van der Waals surface area (Å²) in [4.78, 5) is 8.48. The molecule has 0 aliphatic heterocycles. The number of hydrogen-bond donors (Lipinski definition) is 2. The van der Waals surface area contributed by atoms with Gasteiger partial charge in [-0.05, 0) is 27.7 Å². The Labute approximate surface area is 160 Å². The molecule has 0 amide bonds. The van der Waals surface area contributed by atoms with Crippen LogP contribution in [0.5, 0.6) is 0 Å². The first-order chi connectivity index (χ1) is 10.2. The lowest BCUT2D eigenvalue weighted by molar-refractivity contribution is 0.559. The number of aromatic nitrogens is 1. The predicted molar refractivity (Wildman–Crippen MR) is 109 cm³/mol. The van der Waals surface area contributed by atoms with Gasteiger partial charge in [-0.15, -0.1) is 35.3 Å². The van der Waals surface area contributed by atoms with Gasteiger partial charge < -0.3 is 10.6 Å². The molecule has 0 radical (unpaired) electrons. The van der Waals surface area contributed by atoms with Crippen molar-refractivity contribution in [2.24, 2.45) is 4.99 Å². The number of sulfone groups is 1. The second-order valence-corrected chi connectivity index (χ2v) is 9.89. The summed E-state index contributed by atoms with van der Waals surface area (Å²) in [6.45, 7) is 8.17. The van der Waals surface area contributed by atoms with Crippen molar-refractivity contribution in [2.45, 2.75) is 38.9 Å². The predicted octanol–water partition coefficient (Wildman–Crippen LogP) is 1.99. The summed E-state index contributed by atoms with van der Waals surface area (Å²) in [5.41, 5.74) is 1.06. The van der Waals surface area contributed by atoms with Crippen LogP contribution in [0.4, 0.5) is 0 Å². The summed E-state index contributed by atoms with van der Waals surface area (Å²) in [5, 5.41) is 9.30. The average Bonchev–Trinajstić information content (AvgIpc) is 2.81. The van der Waals surface area contributed by atoms with Gasteiger partial charge in [0.05, 0.1) is 21.2 Å². The van der Waals surface area contributed by atoms with Crippen LogP contribution in [-0.2, 0) is 16.3 Å². The van der Waals surface area contributed by atoms with Crippen LogP contribution < -0.4 is 10.6 Å². The van der Waals surface area contributed by atoms with Crippen LogP contribution in [0.1, 0.15) is 31.5 Å². The van der Waals surface area contributed by atoms with Gasteiger partial charge in [-0.25, -0.2) is 13.4 Å². The van der Waals surface area contributed by atoms with Gasteiger partial charge in [0.2, 0.25) is 0 Å². The SMILES string of the molecule is CN=C(NCCc1csc(C)n1)NCCS(=O)(=O)C(C)(C)C.I. The molecule has 0 aliphatic carbocycles. The van der Waals surface area contributed by atoms with Gasteiger partial charge in [-0.1, -0.05) is 0 Å². The number of aryl methyl sites for hydroxylation is 1. The molecule has 0 spiro atoms. The van der Waals surface area contributed by atoms with Crippen molar-refractivity contribution >= 4 is 51.1 Å². The average molecular weight is 474 g/mol. The van der Waals surface area contributed by atoms with Gasteiger partial charge in [-0.3, -0.25) is 4.99 Å². The van der Waals surface area contributed by atoms with Crippen molar-refractivity contribution < 1.29 is 8.42 Å². The molecule has 1 aromatic rings. The molecule has 1 rings (SSSR count). The third-order valence-corrected chi connectivity index (χ3v) is 6.59. The molecule has 9 heteroatoms. The number of nitrogens with one attached hydrogen (secondary N) is 2. The maximum atomic E-state index is 12.0. The van der Waals surface area contributed by atoms with Gasteiger partial charge in [0.1, 0.15) is 0 Å². The third kappa shape index (κ3) is 7.79. The summed E-state index contributed by atoms with van der Waals surface area (Å²) < 4.78 is 23.3. The molecule has 0 saturated heterocycles. The zero-order valence-electron chi connectivity index (χ0n) is 14.3. The molecule has 0 atom stereocenters. The van der Waals surface area contributed by atoms with Crippen LogP contribution in [0.25, 0.3) is 0 Å². The monoisotopic (exact) mass is 474 g/mol. The molecule has 2 N–H and O–H groups in total. The van der Waals surface area contributed by atoms with Crippen molar-refractivity contribution in [1.82, 2.24) is 15.6 Å². The van der Waals surface area contributed by atoms with Crippen LogP contribution in [0.2, 0.25) is 0 Å². The van der Waals surface area contributed by atoms with E-state index in [0.29, 0.717) is 19.0 Å². The highest BCUT2D eigenvalue weighted by atomic mass is 127. The lowest BCUT2D eigenvalue weighted by Gasteiger charge is -2.19. The molecule has 23 heavy (non-hydrogen) atoms. The Morgan fingerprint density at radius 3 is 2.39 bits per heavy atom. The van der Waals surface area contributed by atoms with E-state index in [1.165, 1.54) is 0 Å². The smallest absolute Gasteiger partial charge is 0.191 e. The zero-order chi connectivity index (χ0) is 16.8. The van der Waals surface area contributed by atoms with E-state index >= 15 is 0 Å². The minimum absolute atomic E-state index is 0. The number of hydrogen-bond acceptors (Lipinski definition) is 5. The number of guanidine groups is 1. The number of aliphatic imine (C=N–C) groups is 1. The first kappa shape index (κ1) is 22.6. The number of thiazole rings is 1. The van der Waals surface area contributed by atoms with Crippen molar-refractivity contribution in [3.8, 4) is 0 Å². The molecule has 0 fully saturated rings. The molecule has 6 nitrogen and oxygen atoms in total. The highest BCUT2D eigenvalue weighted by Crippen LogP contribution is 2.15. The van der Waals surface area contributed by atoms with Crippen molar-refractivity contribution in [2.75, 3.05) is 25.9 Å². The third-order valence-electron chi connectivity index (χ3n) is 3.16. The van der Waals surface area contributed by atoms with E-state index in [0.717, 1.165) is 17.1 Å². The molecule has 0 aliphatic rings. The molecule has 0 saturated carbocycles. The maximum Gasteiger partial charge on any atom is 0.191 e. The van der Waals surface area contributed by atoms with Crippen molar-refractivity contribution in [3.63, 3.8) is 0 Å². The van der Waals surface area contributed by atoms with Gasteiger partial charge in [-0.2, -0.15) is 0 Å². The molecule has 0 bridgehead atoms. The molecular weight excluding hydrogens is 447 g/mol. The van der Waals surface area contributed by atoms with Gasteiger partial charge in [0, 0.05) is 31.9 Å². The normalized spacial score (nSPS) is 12.7. The number of nitrogens with zero attached hydrogens (tertiary/aromatic N) is 2. The molecule has 0 aromatic carbocycles. The second-order valence-electron chi connectivity index (χ2n) is 5.96. The highest BCUT2D eigenvalue weighted by Gasteiger charge is 2.28. The fraction of sp³-hybridized carbons (Fsp3) is 0.714. The molecular formula is C14H27IN4O2S2. The van der Waals surface area contributed by atoms with E-state index in [1.54, 1.807) is 39.2 Å². The van der Waals surface area contributed by atoms with E-state index in [-0.39, 0.29) is 29.7 Å². The van der Waals surface area contributed by atoms with Crippen molar-refractivity contribution in [1.29, 1.82) is 0 Å². The largest absolute Gasteiger partial charge is 0.356 e. The Balaban J connectivity index is 0.00000484. The Kier molecular flexibility index (Phi) is 9.60. The maximum absolute atomic E-state index is 12.0. The van der Waals surface area contributed by atoms with Gasteiger partial charge in [0.15, 0.2) is 15.8 Å². The van der Waals surface area contributed by atoms with Crippen molar-refractivity contribution in [3.05, 3.63) is 16.1 Å². The van der Waals surface area contributed by atoms with E-state index in [4.69, 9.17) is 0 Å². The number of halogens is 1. The lowest BCUT2D eigenvalue weighted by atomic mass is 10.3. The summed E-state index contributed by atoms with van der Waals surface area (Å²) in [6, 6.07) is 0. The summed E-state index contributed by atoms with van der Waals surface area (Å²) in [5.74, 6) is 0.693. The first-order valence-electron chi connectivity index (χ1n) is 7.23. The Morgan fingerprint density at radius 2 is 1.91 bits per heavy atom. The fourth-order valence-electron chi connectivity index (χ4n) is 1.66. The minimum atomic E-state index is -3.12. The van der Waals surface area contributed by atoms with Crippen LogP contribution in [-0.4, -0.2) is 50.0 Å². The first-order valence-corrected chi connectivity index (χ1v) is 9.77. The van der Waals surface area contributed by atoms with Gasteiger partial charge in [0.25, 0.3) is 0 Å². The Morgan fingerprint density at radius 1 is 1.30 bits per heavy atom. The van der Waals surface area contributed by atoms with Gasteiger partial charge >= 0.3 is 0 Å². The standard InChI is InChI=1S/C14H26N4O2S2.HI/c1-11-18-12(10-21-11)6-7-16-13(15-5)17-8-9-22(19,20)14(2,3)4;/h10H,6-9H2,1-5H3,(H2,15,16,17);1H. The van der Waals surface area contributed by atoms with Crippen LogP contribution >= 0.6 is 35.3 Å². The van der Waals surface area contributed by atoms with E-state index in [9.17, 15) is 8.42 Å². The summed E-state index contributed by atoms with van der Waals surface area (Å²) in [7, 11) is -1.45. The number of rotatable bonds is 6. The second kappa shape index (κ2) is 9.77. The topological polar surface area (TPSA) is 83.4 Å². The van der Waals surface area contributed by atoms with Crippen LogP contribution in [0.3, 0.4) is 0 Å². The Hall–Kier alpha value is -0.420. The summed E-state index contributed by atoms with van der Waals surface area (Å²) >= 11 is 1.64. The lowest BCUT2D eigenvalue weighted by Crippen LogP contribution is -2.42. The molecule has 0 unspecified atom stereocenters. The minimum Gasteiger partial charge on any atom is -0.356 e.